The molecule has 6 heteroatoms. The number of rotatable bonds is 3. The van der Waals surface area contributed by atoms with Crippen LogP contribution < -0.4 is 4.90 Å². The second-order valence-electron chi connectivity index (χ2n) is 3.48. The van der Waals surface area contributed by atoms with Crippen molar-refractivity contribution in [2.45, 2.75) is 13.5 Å². The molecule has 0 radical (unpaired) electrons. The molecule has 0 unspecified atom stereocenters. The van der Waals surface area contributed by atoms with Crippen LogP contribution in [0.1, 0.15) is 11.5 Å². The molecule has 0 spiro atoms. The number of halogens is 1. The van der Waals surface area contributed by atoms with Crippen molar-refractivity contribution in [3.63, 3.8) is 0 Å². The lowest BCUT2D eigenvalue weighted by atomic mass is 10.3. The maximum Gasteiger partial charge on any atom is 0.146 e. The summed E-state index contributed by atoms with van der Waals surface area (Å²) in [6.45, 7) is 2.52. The number of hydrogen-bond donors (Lipinski definition) is 0. The van der Waals surface area contributed by atoms with E-state index in [-0.39, 0.29) is 0 Å². The average Bonchev–Trinajstić information content (AvgIpc) is 2.64. The van der Waals surface area contributed by atoms with Gasteiger partial charge in [-0.1, -0.05) is 5.16 Å². The first kappa shape index (κ1) is 11.1. The fourth-order valence-electron chi connectivity index (χ4n) is 1.40. The van der Waals surface area contributed by atoms with E-state index in [1.165, 1.54) is 6.33 Å². The van der Waals surface area contributed by atoms with Crippen LogP contribution in [0.4, 0.5) is 5.82 Å². The van der Waals surface area contributed by atoms with Crippen molar-refractivity contribution < 1.29 is 4.52 Å². The van der Waals surface area contributed by atoms with Crippen LogP contribution in [0.3, 0.4) is 0 Å². The molecule has 0 N–H and O–H groups in total. The van der Waals surface area contributed by atoms with Crippen molar-refractivity contribution in [1.29, 1.82) is 0 Å². The molecule has 0 bridgehead atoms. The summed E-state index contributed by atoms with van der Waals surface area (Å²) in [5, 5.41) is 3.94. The third kappa shape index (κ3) is 2.38. The molecule has 0 saturated carbocycles. The molecule has 0 atom stereocenters. The quantitative estimate of drug-likeness (QED) is 0.864. The SMILES string of the molecule is Cc1cc(CN(C)c2ncncc2Br)no1. The zero-order valence-corrected chi connectivity index (χ0v) is 10.6. The predicted molar refractivity (Wildman–Crippen MR) is 63.1 cm³/mol. The Morgan fingerprint density at radius 2 is 2.31 bits per heavy atom. The van der Waals surface area contributed by atoms with Gasteiger partial charge in [-0.05, 0) is 22.9 Å². The van der Waals surface area contributed by atoms with E-state index in [1.54, 1.807) is 6.20 Å². The van der Waals surface area contributed by atoms with Gasteiger partial charge in [0.15, 0.2) is 0 Å². The molecule has 0 aliphatic rings. The molecule has 0 amide bonds. The van der Waals surface area contributed by atoms with E-state index in [9.17, 15) is 0 Å². The van der Waals surface area contributed by atoms with E-state index < -0.39 is 0 Å². The number of hydrogen-bond acceptors (Lipinski definition) is 5. The summed E-state index contributed by atoms with van der Waals surface area (Å²) in [6, 6.07) is 1.91. The Labute approximate surface area is 102 Å². The molecule has 16 heavy (non-hydrogen) atoms. The molecule has 0 fully saturated rings. The van der Waals surface area contributed by atoms with Gasteiger partial charge in [-0.3, -0.25) is 0 Å². The molecule has 0 saturated heterocycles. The van der Waals surface area contributed by atoms with E-state index >= 15 is 0 Å². The van der Waals surface area contributed by atoms with Gasteiger partial charge in [0.1, 0.15) is 23.6 Å². The molecular weight excluding hydrogens is 272 g/mol. The molecule has 2 heterocycles. The van der Waals surface area contributed by atoms with Crippen LogP contribution in [-0.2, 0) is 6.54 Å². The minimum absolute atomic E-state index is 0.646. The molecule has 0 aliphatic heterocycles. The maximum absolute atomic E-state index is 5.01. The smallest absolute Gasteiger partial charge is 0.146 e. The predicted octanol–water partition coefficient (Wildman–Crippen LogP) is 2.17. The van der Waals surface area contributed by atoms with Gasteiger partial charge < -0.3 is 9.42 Å². The lowest BCUT2D eigenvalue weighted by molar-refractivity contribution is 0.390. The third-order valence-corrected chi connectivity index (χ3v) is 2.65. The highest BCUT2D eigenvalue weighted by Crippen LogP contribution is 2.22. The Balaban J connectivity index is 2.14. The van der Waals surface area contributed by atoms with Crippen molar-refractivity contribution in [2.24, 2.45) is 0 Å². The van der Waals surface area contributed by atoms with Crippen LogP contribution >= 0.6 is 15.9 Å². The molecule has 2 rings (SSSR count). The van der Waals surface area contributed by atoms with Crippen molar-refractivity contribution in [3.8, 4) is 0 Å². The van der Waals surface area contributed by atoms with E-state index in [1.807, 2.05) is 24.9 Å². The van der Waals surface area contributed by atoms with Crippen LogP contribution in [0.5, 0.6) is 0 Å². The Bertz CT molecular complexity index is 485. The highest BCUT2D eigenvalue weighted by atomic mass is 79.9. The van der Waals surface area contributed by atoms with Gasteiger partial charge in [0.25, 0.3) is 0 Å². The molecule has 84 valence electrons. The Morgan fingerprint density at radius 1 is 1.50 bits per heavy atom. The zero-order chi connectivity index (χ0) is 11.5. The first-order valence-electron chi connectivity index (χ1n) is 4.75. The molecular formula is C10H11BrN4O. The highest BCUT2D eigenvalue weighted by molar-refractivity contribution is 9.10. The number of aryl methyl sites for hydroxylation is 1. The van der Waals surface area contributed by atoms with Gasteiger partial charge in [0.05, 0.1) is 11.0 Å². The van der Waals surface area contributed by atoms with E-state index in [2.05, 4.69) is 31.1 Å². The second kappa shape index (κ2) is 4.61. The van der Waals surface area contributed by atoms with Crippen molar-refractivity contribution in [2.75, 3.05) is 11.9 Å². The third-order valence-electron chi connectivity index (χ3n) is 2.09. The van der Waals surface area contributed by atoms with Crippen LogP contribution in [0, 0.1) is 6.92 Å². The standard InChI is InChI=1S/C10H11BrN4O/c1-7-3-8(14-16-7)5-15(2)10-9(11)4-12-6-13-10/h3-4,6H,5H2,1-2H3. The van der Waals surface area contributed by atoms with E-state index in [0.29, 0.717) is 6.54 Å². The first-order valence-corrected chi connectivity index (χ1v) is 5.55. The van der Waals surface area contributed by atoms with Gasteiger partial charge in [-0.15, -0.1) is 0 Å². The lowest BCUT2D eigenvalue weighted by Crippen LogP contribution is -2.18. The van der Waals surface area contributed by atoms with E-state index in [4.69, 9.17) is 4.52 Å². The first-order chi connectivity index (χ1) is 7.66. The molecule has 5 nitrogen and oxygen atoms in total. The van der Waals surface area contributed by atoms with Gasteiger partial charge in [0, 0.05) is 19.3 Å². The summed E-state index contributed by atoms with van der Waals surface area (Å²) >= 11 is 3.40. The van der Waals surface area contributed by atoms with Crippen molar-refractivity contribution >= 4 is 21.7 Å². The summed E-state index contributed by atoms with van der Waals surface area (Å²) in [4.78, 5) is 10.1. The van der Waals surface area contributed by atoms with Crippen molar-refractivity contribution in [1.82, 2.24) is 15.1 Å². The highest BCUT2D eigenvalue weighted by Gasteiger charge is 2.09. The summed E-state index contributed by atoms with van der Waals surface area (Å²) in [5.74, 6) is 1.64. The van der Waals surface area contributed by atoms with Crippen LogP contribution in [0.15, 0.2) is 27.6 Å². The fourth-order valence-corrected chi connectivity index (χ4v) is 1.92. The van der Waals surface area contributed by atoms with Crippen molar-refractivity contribution in [3.05, 3.63) is 34.5 Å². The summed E-state index contributed by atoms with van der Waals surface area (Å²) in [7, 11) is 1.94. The minimum atomic E-state index is 0.646. The van der Waals surface area contributed by atoms with Gasteiger partial charge in [-0.2, -0.15) is 0 Å². The Kier molecular flexibility index (Phi) is 3.19. The van der Waals surface area contributed by atoms with Gasteiger partial charge in [0.2, 0.25) is 0 Å². The molecule has 0 aliphatic carbocycles. The second-order valence-corrected chi connectivity index (χ2v) is 4.33. The number of aromatic nitrogens is 3. The van der Waals surface area contributed by atoms with Gasteiger partial charge >= 0.3 is 0 Å². The molecule has 2 aromatic rings. The monoisotopic (exact) mass is 282 g/mol. The van der Waals surface area contributed by atoms with E-state index in [0.717, 1.165) is 21.7 Å². The van der Waals surface area contributed by atoms with Gasteiger partial charge in [-0.25, -0.2) is 9.97 Å². The lowest BCUT2D eigenvalue weighted by Gasteiger charge is -2.17. The topological polar surface area (TPSA) is 55.1 Å². The largest absolute Gasteiger partial charge is 0.361 e. The maximum atomic E-state index is 5.01. The fraction of sp³-hybridized carbons (Fsp3) is 0.300. The van der Waals surface area contributed by atoms with Crippen LogP contribution in [0.25, 0.3) is 0 Å². The number of nitrogens with zero attached hydrogens (tertiary/aromatic N) is 4. The molecule has 2 aromatic heterocycles. The van der Waals surface area contributed by atoms with Crippen LogP contribution in [0.2, 0.25) is 0 Å². The Morgan fingerprint density at radius 3 is 2.94 bits per heavy atom. The minimum Gasteiger partial charge on any atom is -0.361 e. The summed E-state index contributed by atoms with van der Waals surface area (Å²) in [5.41, 5.74) is 0.880. The number of anilines is 1. The summed E-state index contributed by atoms with van der Waals surface area (Å²) < 4.78 is 5.87. The molecule has 0 aromatic carbocycles. The average molecular weight is 283 g/mol. The zero-order valence-electron chi connectivity index (χ0n) is 9.01. The normalized spacial score (nSPS) is 10.4. The van der Waals surface area contributed by atoms with Crippen LogP contribution in [-0.4, -0.2) is 22.2 Å². The Hall–Kier alpha value is -1.43. The summed E-state index contributed by atoms with van der Waals surface area (Å²) in [6.07, 6.45) is 3.23.